The Balaban J connectivity index is 1.96. The van der Waals surface area contributed by atoms with Crippen molar-refractivity contribution in [1.82, 2.24) is 24.6 Å². The third-order valence-electron chi connectivity index (χ3n) is 2.70. The van der Waals surface area contributed by atoms with Crippen molar-refractivity contribution in [1.29, 1.82) is 0 Å². The molecule has 0 fully saturated rings. The zero-order valence-corrected chi connectivity index (χ0v) is 12.2. The van der Waals surface area contributed by atoms with E-state index < -0.39 is 0 Å². The highest BCUT2D eigenvalue weighted by atomic mass is 35.5. The van der Waals surface area contributed by atoms with Crippen LogP contribution in [-0.2, 0) is 0 Å². The minimum Gasteiger partial charge on any atom is -0.307 e. The Kier molecular flexibility index (Phi) is 2.87. The fourth-order valence-electron chi connectivity index (χ4n) is 1.71. The maximum Gasteiger partial charge on any atom is 0.249 e. The van der Waals surface area contributed by atoms with E-state index in [1.807, 2.05) is 11.4 Å². The second-order valence-electron chi connectivity index (χ2n) is 4.12. The van der Waals surface area contributed by atoms with Gasteiger partial charge in [0.25, 0.3) is 0 Å². The number of aromatic nitrogens is 5. The largest absolute Gasteiger partial charge is 0.307 e. The number of hydrogen-bond donors (Lipinski definition) is 1. The molecule has 3 aromatic heterocycles. The summed E-state index contributed by atoms with van der Waals surface area (Å²) in [6, 6.07) is 1.64. The van der Waals surface area contributed by atoms with Crippen LogP contribution < -0.4 is 5.32 Å². The van der Waals surface area contributed by atoms with Gasteiger partial charge in [-0.25, -0.2) is 14.5 Å². The molecule has 0 spiro atoms. The lowest BCUT2D eigenvalue weighted by Gasteiger charge is -2.01. The molecule has 0 saturated heterocycles. The summed E-state index contributed by atoms with van der Waals surface area (Å²) in [4.78, 5) is 14.7. The number of nitrogens with one attached hydrogen (secondary N) is 1. The van der Waals surface area contributed by atoms with E-state index in [0.29, 0.717) is 22.7 Å². The highest BCUT2D eigenvalue weighted by molar-refractivity contribution is 7.17. The van der Waals surface area contributed by atoms with Gasteiger partial charge in [-0.05, 0) is 20.8 Å². The van der Waals surface area contributed by atoms with Crippen molar-refractivity contribution >= 4 is 39.7 Å². The van der Waals surface area contributed by atoms with Crippen LogP contribution >= 0.6 is 22.9 Å². The van der Waals surface area contributed by atoms with Crippen molar-refractivity contribution in [2.75, 3.05) is 5.32 Å². The summed E-state index contributed by atoms with van der Waals surface area (Å²) in [6.07, 6.45) is 0. The molecule has 0 atom stereocenters. The maximum atomic E-state index is 5.88. The molecule has 0 aliphatic rings. The average molecular weight is 295 g/mol. The predicted octanol–water partition coefficient (Wildman–Crippen LogP) is 2.90. The molecule has 0 aliphatic heterocycles. The van der Waals surface area contributed by atoms with Crippen molar-refractivity contribution in [3.63, 3.8) is 0 Å². The molecule has 0 bridgehead atoms. The summed E-state index contributed by atoms with van der Waals surface area (Å²) in [7, 11) is 0. The topological polar surface area (TPSA) is 68.0 Å². The van der Waals surface area contributed by atoms with Gasteiger partial charge in [0, 0.05) is 10.9 Å². The molecule has 98 valence electrons. The smallest absolute Gasteiger partial charge is 0.249 e. The van der Waals surface area contributed by atoms with Gasteiger partial charge >= 0.3 is 0 Å². The Labute approximate surface area is 118 Å². The van der Waals surface area contributed by atoms with E-state index in [2.05, 4.69) is 32.3 Å². The van der Waals surface area contributed by atoms with Gasteiger partial charge in [0.2, 0.25) is 10.9 Å². The van der Waals surface area contributed by atoms with Crippen molar-refractivity contribution < 1.29 is 0 Å². The van der Waals surface area contributed by atoms with E-state index in [-0.39, 0.29) is 0 Å². The predicted molar refractivity (Wildman–Crippen MR) is 75.4 cm³/mol. The van der Waals surface area contributed by atoms with E-state index in [4.69, 9.17) is 11.6 Å². The van der Waals surface area contributed by atoms with Gasteiger partial charge in [0.15, 0.2) is 0 Å². The number of hydrogen-bond acceptors (Lipinski definition) is 6. The molecule has 0 radical (unpaired) electrons. The Bertz CT molecular complexity index is 742. The van der Waals surface area contributed by atoms with Gasteiger partial charge in [-0.3, -0.25) is 0 Å². The first-order valence-electron chi connectivity index (χ1n) is 5.64. The maximum absolute atomic E-state index is 5.88. The average Bonchev–Trinajstić information content (AvgIpc) is 2.79. The zero-order valence-electron chi connectivity index (χ0n) is 10.6. The Morgan fingerprint density at radius 2 is 2.00 bits per heavy atom. The third kappa shape index (κ3) is 2.26. The lowest BCUT2D eigenvalue weighted by molar-refractivity contribution is 0.926. The first kappa shape index (κ1) is 12.3. The number of nitrogens with zero attached hydrogens (tertiary/aromatic N) is 5. The molecular formula is C11H11ClN6S. The summed E-state index contributed by atoms with van der Waals surface area (Å²) in [5.74, 6) is 1.69. The summed E-state index contributed by atoms with van der Waals surface area (Å²) in [5, 5.41) is 7.82. The third-order valence-corrected chi connectivity index (χ3v) is 3.94. The summed E-state index contributed by atoms with van der Waals surface area (Å²) < 4.78 is 1.82. The van der Waals surface area contributed by atoms with Crippen LogP contribution in [0.1, 0.15) is 16.4 Å². The van der Waals surface area contributed by atoms with Crippen LogP contribution in [-0.4, -0.2) is 24.6 Å². The molecule has 0 unspecified atom stereocenters. The molecule has 0 saturated carbocycles. The van der Waals surface area contributed by atoms with Gasteiger partial charge in [-0.2, -0.15) is 4.98 Å². The number of rotatable bonds is 2. The van der Waals surface area contributed by atoms with Gasteiger partial charge in [0.05, 0.1) is 5.69 Å². The van der Waals surface area contributed by atoms with Crippen LogP contribution in [0.25, 0.3) is 4.96 Å². The first-order valence-corrected chi connectivity index (χ1v) is 6.83. The Morgan fingerprint density at radius 1 is 1.21 bits per heavy atom. The Hall–Kier alpha value is -1.73. The minimum absolute atomic E-state index is 0.392. The molecule has 0 amide bonds. The van der Waals surface area contributed by atoms with Crippen LogP contribution in [0.5, 0.6) is 0 Å². The molecular weight excluding hydrogens is 284 g/mol. The number of aryl methyl sites for hydroxylation is 3. The lowest BCUT2D eigenvalue weighted by atomic mass is 10.4. The highest BCUT2D eigenvalue weighted by Crippen LogP contribution is 2.22. The fraction of sp³-hybridized carbons (Fsp3) is 0.273. The van der Waals surface area contributed by atoms with Crippen molar-refractivity contribution in [2.45, 2.75) is 20.8 Å². The number of thiazole rings is 1. The first-order chi connectivity index (χ1) is 9.02. The monoisotopic (exact) mass is 294 g/mol. The van der Waals surface area contributed by atoms with E-state index in [0.717, 1.165) is 10.7 Å². The van der Waals surface area contributed by atoms with Gasteiger partial charge in [0.1, 0.15) is 16.8 Å². The van der Waals surface area contributed by atoms with Crippen LogP contribution in [0, 0.1) is 20.8 Å². The van der Waals surface area contributed by atoms with Gasteiger partial charge in [-0.15, -0.1) is 5.10 Å². The summed E-state index contributed by atoms with van der Waals surface area (Å²) in [5.41, 5.74) is 1.09. The van der Waals surface area contributed by atoms with Crippen molar-refractivity contribution in [3.8, 4) is 0 Å². The van der Waals surface area contributed by atoms with E-state index >= 15 is 0 Å². The molecule has 1 N–H and O–H groups in total. The molecule has 0 aliphatic carbocycles. The molecule has 8 heteroatoms. The van der Waals surface area contributed by atoms with Gasteiger partial charge in [-0.1, -0.05) is 22.9 Å². The van der Waals surface area contributed by atoms with E-state index in [1.165, 1.54) is 4.88 Å². The summed E-state index contributed by atoms with van der Waals surface area (Å²) >= 11 is 7.49. The van der Waals surface area contributed by atoms with Gasteiger partial charge < -0.3 is 5.32 Å². The molecule has 3 rings (SSSR count). The fourth-order valence-corrected chi connectivity index (χ4v) is 2.84. The van der Waals surface area contributed by atoms with Crippen molar-refractivity contribution in [2.24, 2.45) is 0 Å². The SMILES string of the molecule is Cc1nc(Cl)cc(Nc2nc3sc(C)c(C)n3n2)n1. The number of fused-ring (bicyclic) bond motifs is 1. The second-order valence-corrected chi connectivity index (χ2v) is 5.69. The number of halogens is 1. The molecule has 19 heavy (non-hydrogen) atoms. The van der Waals surface area contributed by atoms with Crippen LogP contribution in [0.15, 0.2) is 6.07 Å². The lowest BCUT2D eigenvalue weighted by Crippen LogP contribution is -1.99. The normalized spacial score (nSPS) is 11.2. The Morgan fingerprint density at radius 3 is 2.68 bits per heavy atom. The van der Waals surface area contributed by atoms with Crippen molar-refractivity contribution in [3.05, 3.63) is 27.6 Å². The van der Waals surface area contributed by atoms with Crippen LogP contribution in [0.3, 0.4) is 0 Å². The van der Waals surface area contributed by atoms with E-state index in [1.54, 1.807) is 24.3 Å². The van der Waals surface area contributed by atoms with Crippen LogP contribution in [0.2, 0.25) is 5.15 Å². The zero-order chi connectivity index (χ0) is 13.6. The van der Waals surface area contributed by atoms with Crippen LogP contribution in [0.4, 0.5) is 11.8 Å². The standard InChI is InChI=1S/C11H11ClN6S/c1-5-6(2)19-11-16-10(17-18(5)11)15-9-4-8(12)13-7(3)14-9/h4H,1-3H3,(H,13,14,15,17). The quantitative estimate of drug-likeness (QED) is 0.736. The molecule has 3 aromatic rings. The molecule has 0 aromatic carbocycles. The molecule has 6 nitrogen and oxygen atoms in total. The minimum atomic E-state index is 0.392. The van der Waals surface area contributed by atoms with E-state index in [9.17, 15) is 0 Å². The summed E-state index contributed by atoms with van der Waals surface area (Å²) in [6.45, 7) is 5.85. The second kappa shape index (κ2) is 4.43. The number of anilines is 2. The molecule has 3 heterocycles. The highest BCUT2D eigenvalue weighted by Gasteiger charge is 2.11.